The van der Waals surface area contributed by atoms with Crippen LogP contribution in [0.15, 0.2) is 24.3 Å². The SMILES string of the molecule is CSCc1ccc(CNC(=O)N2C[C@@H](C(F)(F)F)[C@H](C(=O)O)C2)cc1. The van der Waals surface area contributed by atoms with Crippen LogP contribution in [0.1, 0.15) is 11.1 Å². The molecule has 1 aliphatic heterocycles. The number of nitrogens with zero attached hydrogens (tertiary/aromatic N) is 1. The second-order valence-corrected chi connectivity index (χ2v) is 6.77. The molecular weight excluding hydrogens is 357 g/mol. The molecule has 5 nitrogen and oxygen atoms in total. The van der Waals surface area contributed by atoms with Gasteiger partial charge in [0.05, 0.1) is 11.8 Å². The third kappa shape index (κ3) is 5.04. The fourth-order valence-electron chi connectivity index (χ4n) is 2.76. The molecular formula is C16H19F3N2O3S. The largest absolute Gasteiger partial charge is 0.481 e. The average Bonchev–Trinajstić information content (AvgIpc) is 3.00. The second kappa shape index (κ2) is 7.99. The smallest absolute Gasteiger partial charge is 0.394 e. The van der Waals surface area contributed by atoms with Crippen molar-refractivity contribution >= 4 is 23.8 Å². The van der Waals surface area contributed by atoms with Crippen molar-refractivity contribution in [3.8, 4) is 0 Å². The molecule has 0 aliphatic carbocycles. The molecule has 1 heterocycles. The first-order chi connectivity index (χ1) is 11.7. The summed E-state index contributed by atoms with van der Waals surface area (Å²) < 4.78 is 38.8. The molecule has 0 unspecified atom stereocenters. The Hall–Kier alpha value is -1.90. The van der Waals surface area contributed by atoms with Crippen LogP contribution in [0, 0.1) is 11.8 Å². The molecule has 0 bridgehead atoms. The summed E-state index contributed by atoms with van der Waals surface area (Å²) in [6.07, 6.45) is -2.66. The van der Waals surface area contributed by atoms with Crippen molar-refractivity contribution in [1.29, 1.82) is 0 Å². The summed E-state index contributed by atoms with van der Waals surface area (Å²) in [4.78, 5) is 24.0. The van der Waals surface area contributed by atoms with Gasteiger partial charge in [-0.25, -0.2) is 4.79 Å². The van der Waals surface area contributed by atoms with Crippen molar-refractivity contribution in [1.82, 2.24) is 10.2 Å². The maximum absolute atomic E-state index is 12.9. The summed E-state index contributed by atoms with van der Waals surface area (Å²) in [5.74, 6) is -4.34. The van der Waals surface area contributed by atoms with E-state index in [-0.39, 0.29) is 6.54 Å². The zero-order chi connectivity index (χ0) is 18.6. The van der Waals surface area contributed by atoms with Crippen LogP contribution in [0.3, 0.4) is 0 Å². The molecule has 2 rings (SSSR count). The fourth-order valence-corrected chi connectivity index (χ4v) is 3.29. The number of amides is 2. The third-order valence-electron chi connectivity index (χ3n) is 4.12. The van der Waals surface area contributed by atoms with Gasteiger partial charge in [-0.3, -0.25) is 4.79 Å². The maximum atomic E-state index is 12.9. The van der Waals surface area contributed by atoms with Gasteiger partial charge < -0.3 is 15.3 Å². The van der Waals surface area contributed by atoms with E-state index in [0.717, 1.165) is 21.8 Å². The van der Waals surface area contributed by atoms with Crippen LogP contribution in [0.25, 0.3) is 0 Å². The summed E-state index contributed by atoms with van der Waals surface area (Å²) in [6, 6.07) is 6.84. The monoisotopic (exact) mass is 376 g/mol. The Balaban J connectivity index is 1.93. The van der Waals surface area contributed by atoms with Crippen LogP contribution in [0.4, 0.5) is 18.0 Å². The fraction of sp³-hybridized carbons (Fsp3) is 0.500. The Labute approximate surface area is 147 Å². The molecule has 0 saturated carbocycles. The van der Waals surface area contributed by atoms with E-state index in [0.29, 0.717) is 0 Å². The van der Waals surface area contributed by atoms with Crippen molar-refractivity contribution < 1.29 is 27.9 Å². The summed E-state index contributed by atoms with van der Waals surface area (Å²) >= 11 is 1.68. The molecule has 1 aromatic rings. The van der Waals surface area contributed by atoms with Crippen LogP contribution < -0.4 is 5.32 Å². The van der Waals surface area contributed by atoms with Crippen molar-refractivity contribution in [2.45, 2.75) is 18.5 Å². The Bertz CT molecular complexity index is 622. The first kappa shape index (κ1) is 19.4. The number of aliphatic carboxylic acids is 1. The normalized spacial score (nSPS) is 20.6. The minimum Gasteiger partial charge on any atom is -0.481 e. The first-order valence-corrected chi connectivity index (χ1v) is 9.00. The molecule has 138 valence electrons. The average molecular weight is 376 g/mol. The van der Waals surface area contributed by atoms with Crippen LogP contribution in [0.2, 0.25) is 0 Å². The quantitative estimate of drug-likeness (QED) is 0.829. The number of carbonyl (C=O) groups is 2. The lowest BCUT2D eigenvalue weighted by atomic mass is 9.96. The highest BCUT2D eigenvalue weighted by atomic mass is 32.2. The van der Waals surface area contributed by atoms with Gasteiger partial charge in [-0.2, -0.15) is 24.9 Å². The molecule has 1 aliphatic rings. The van der Waals surface area contributed by atoms with E-state index in [4.69, 9.17) is 5.11 Å². The molecule has 9 heteroatoms. The van der Waals surface area contributed by atoms with E-state index >= 15 is 0 Å². The number of carbonyl (C=O) groups excluding carboxylic acids is 1. The minimum atomic E-state index is -4.65. The summed E-state index contributed by atoms with van der Waals surface area (Å²) in [5.41, 5.74) is 1.96. The standard InChI is InChI=1S/C16H19F3N2O3S/c1-25-9-11-4-2-10(3-5-11)6-20-15(24)21-7-12(14(22)23)13(8-21)16(17,18)19/h2-5,12-13H,6-9H2,1H3,(H,20,24)(H,22,23)/t12-,13-/m1/s1. The number of likely N-dealkylation sites (tertiary alicyclic amines) is 1. The van der Waals surface area contributed by atoms with E-state index < -0.39 is 43.1 Å². The Kier molecular flexibility index (Phi) is 6.21. The molecule has 0 radical (unpaired) electrons. The number of benzene rings is 1. The van der Waals surface area contributed by atoms with Crippen LogP contribution in [-0.2, 0) is 17.1 Å². The predicted octanol–water partition coefficient (Wildman–Crippen LogP) is 2.95. The summed E-state index contributed by atoms with van der Waals surface area (Å²) in [5, 5.41) is 11.5. The number of carboxylic acid groups (broad SMARTS) is 1. The van der Waals surface area contributed by atoms with Crippen molar-refractivity contribution in [3.63, 3.8) is 0 Å². The van der Waals surface area contributed by atoms with Crippen molar-refractivity contribution in [2.75, 3.05) is 19.3 Å². The van der Waals surface area contributed by atoms with E-state index in [1.807, 2.05) is 30.5 Å². The highest BCUT2D eigenvalue weighted by Gasteiger charge is 2.53. The van der Waals surface area contributed by atoms with Gasteiger partial charge in [0.2, 0.25) is 0 Å². The first-order valence-electron chi connectivity index (χ1n) is 7.61. The maximum Gasteiger partial charge on any atom is 0.394 e. The molecule has 2 amide bonds. The van der Waals surface area contributed by atoms with E-state index in [9.17, 15) is 22.8 Å². The van der Waals surface area contributed by atoms with E-state index in [1.54, 1.807) is 11.8 Å². The molecule has 25 heavy (non-hydrogen) atoms. The molecule has 2 atom stereocenters. The number of thioether (sulfide) groups is 1. The van der Waals surface area contributed by atoms with Gasteiger partial charge in [-0.1, -0.05) is 24.3 Å². The number of rotatable bonds is 5. The number of nitrogens with one attached hydrogen (secondary N) is 1. The molecule has 1 aromatic carbocycles. The lowest BCUT2D eigenvalue weighted by Crippen LogP contribution is -2.39. The number of halogens is 3. The number of hydrogen-bond donors (Lipinski definition) is 2. The summed E-state index contributed by atoms with van der Waals surface area (Å²) in [6.45, 7) is -0.916. The number of alkyl halides is 3. The molecule has 0 aromatic heterocycles. The third-order valence-corrected chi connectivity index (χ3v) is 4.74. The predicted molar refractivity (Wildman–Crippen MR) is 88.1 cm³/mol. The van der Waals surface area contributed by atoms with Crippen LogP contribution in [0.5, 0.6) is 0 Å². The lowest BCUT2D eigenvalue weighted by molar-refractivity contribution is -0.187. The molecule has 1 fully saturated rings. The molecule has 0 spiro atoms. The van der Waals surface area contributed by atoms with E-state index in [1.165, 1.54) is 0 Å². The molecule has 1 saturated heterocycles. The molecule has 2 N–H and O–H groups in total. The highest BCUT2D eigenvalue weighted by molar-refractivity contribution is 7.97. The topological polar surface area (TPSA) is 69.6 Å². The zero-order valence-electron chi connectivity index (χ0n) is 13.5. The van der Waals surface area contributed by atoms with Gasteiger partial charge in [0.25, 0.3) is 0 Å². The van der Waals surface area contributed by atoms with Gasteiger partial charge in [-0.15, -0.1) is 0 Å². The number of hydrogen-bond acceptors (Lipinski definition) is 3. The van der Waals surface area contributed by atoms with Gasteiger partial charge in [0.1, 0.15) is 0 Å². The lowest BCUT2D eigenvalue weighted by Gasteiger charge is -2.18. The van der Waals surface area contributed by atoms with Gasteiger partial charge in [0, 0.05) is 25.4 Å². The van der Waals surface area contributed by atoms with Gasteiger partial charge >= 0.3 is 18.2 Å². The zero-order valence-corrected chi connectivity index (χ0v) is 14.4. The Morgan fingerprint density at radius 1 is 1.24 bits per heavy atom. The highest BCUT2D eigenvalue weighted by Crippen LogP contribution is 2.37. The van der Waals surface area contributed by atoms with Gasteiger partial charge in [0.15, 0.2) is 0 Å². The van der Waals surface area contributed by atoms with Crippen molar-refractivity contribution in [2.24, 2.45) is 11.8 Å². The van der Waals surface area contributed by atoms with Crippen LogP contribution >= 0.6 is 11.8 Å². The summed E-state index contributed by atoms with van der Waals surface area (Å²) in [7, 11) is 0. The number of urea groups is 1. The van der Waals surface area contributed by atoms with E-state index in [2.05, 4.69) is 5.32 Å². The van der Waals surface area contributed by atoms with Crippen LogP contribution in [-0.4, -0.2) is 47.5 Å². The Morgan fingerprint density at radius 3 is 2.32 bits per heavy atom. The van der Waals surface area contributed by atoms with Crippen molar-refractivity contribution in [3.05, 3.63) is 35.4 Å². The second-order valence-electron chi connectivity index (χ2n) is 5.91. The Morgan fingerprint density at radius 2 is 1.84 bits per heavy atom. The number of carboxylic acids is 1. The minimum absolute atomic E-state index is 0.170. The van der Waals surface area contributed by atoms with Gasteiger partial charge in [-0.05, 0) is 17.4 Å².